The average Bonchev–Trinajstić information content (AvgIpc) is 3.23. The van der Waals surface area contributed by atoms with Crippen LogP contribution in [-0.2, 0) is 18.0 Å². The van der Waals surface area contributed by atoms with Crippen molar-refractivity contribution in [3.05, 3.63) is 97.9 Å². The molecule has 1 aromatic heterocycles. The molecule has 3 aliphatic rings. The van der Waals surface area contributed by atoms with Crippen molar-refractivity contribution >= 4 is 29.1 Å². The standard InChI is InChI=1S/C32H31ClF2N4O5/c1-17-11-12-32(18(2)19(3)37-44-32)24-15-38(17)31(42)27-29(43-16-20-7-5-4-6-8-20)28(40)22(14-39(24)27)30(41)36-13-21-9-10-23(34)25(33)26(21)35/h4-10,14,17-18,24H,11-13,15-16H2,1-3H3,(H,36,41)/t17-,18-,24+,32-/m0/s1. The van der Waals surface area contributed by atoms with Gasteiger partial charge >= 0.3 is 0 Å². The molecule has 12 heteroatoms. The third kappa shape index (κ3) is 4.83. The number of hydrogen-bond acceptors (Lipinski definition) is 6. The molecular formula is C32H31ClF2N4O5. The van der Waals surface area contributed by atoms with Crippen LogP contribution in [0.15, 0.2) is 58.6 Å². The lowest BCUT2D eigenvalue weighted by molar-refractivity contribution is -0.0865. The number of pyridine rings is 1. The molecule has 1 spiro atoms. The van der Waals surface area contributed by atoms with Gasteiger partial charge in [0.15, 0.2) is 17.0 Å². The van der Waals surface area contributed by atoms with Gasteiger partial charge in [-0.25, -0.2) is 8.78 Å². The number of halogens is 3. The fraction of sp³-hybridized carbons (Fsp3) is 0.375. The topological polar surface area (TPSA) is 102 Å². The molecule has 2 aromatic carbocycles. The van der Waals surface area contributed by atoms with Gasteiger partial charge in [0.25, 0.3) is 11.8 Å². The lowest BCUT2D eigenvalue weighted by Crippen LogP contribution is -2.54. The number of oxime groups is 1. The quantitative estimate of drug-likeness (QED) is 0.378. The van der Waals surface area contributed by atoms with Crippen molar-refractivity contribution in [3.63, 3.8) is 0 Å². The molecule has 2 bridgehead atoms. The van der Waals surface area contributed by atoms with Crippen molar-refractivity contribution < 1.29 is 27.9 Å². The van der Waals surface area contributed by atoms with Gasteiger partial charge in [-0.3, -0.25) is 14.4 Å². The van der Waals surface area contributed by atoms with Crippen LogP contribution in [-0.4, -0.2) is 45.2 Å². The largest absolute Gasteiger partial charge is 0.483 e. The molecule has 1 fully saturated rings. The molecule has 3 aromatic rings. The first-order valence-corrected chi connectivity index (χ1v) is 14.8. The Kier molecular flexibility index (Phi) is 7.69. The van der Waals surface area contributed by atoms with E-state index in [4.69, 9.17) is 21.2 Å². The Balaban J connectivity index is 1.46. The van der Waals surface area contributed by atoms with Gasteiger partial charge in [0.05, 0.1) is 11.8 Å². The minimum Gasteiger partial charge on any atom is -0.483 e. The zero-order chi connectivity index (χ0) is 31.3. The van der Waals surface area contributed by atoms with Crippen LogP contribution in [0.5, 0.6) is 5.75 Å². The number of hydrogen-bond donors (Lipinski definition) is 1. The van der Waals surface area contributed by atoms with Crippen LogP contribution in [0.25, 0.3) is 0 Å². The van der Waals surface area contributed by atoms with Crippen LogP contribution >= 0.6 is 11.6 Å². The molecule has 44 heavy (non-hydrogen) atoms. The van der Waals surface area contributed by atoms with E-state index >= 15 is 0 Å². The number of rotatable bonds is 6. The highest BCUT2D eigenvalue weighted by molar-refractivity contribution is 6.31. The first-order chi connectivity index (χ1) is 21.0. The monoisotopic (exact) mass is 624 g/mol. The van der Waals surface area contributed by atoms with E-state index in [1.165, 1.54) is 6.20 Å². The maximum atomic E-state index is 14.6. The van der Waals surface area contributed by atoms with Crippen LogP contribution < -0.4 is 15.5 Å². The van der Waals surface area contributed by atoms with E-state index < -0.39 is 39.6 Å². The van der Waals surface area contributed by atoms with Gasteiger partial charge in [0.1, 0.15) is 28.8 Å². The summed E-state index contributed by atoms with van der Waals surface area (Å²) in [6.45, 7) is 5.76. The Morgan fingerprint density at radius 3 is 2.64 bits per heavy atom. The number of ether oxygens (including phenoxy) is 1. The van der Waals surface area contributed by atoms with Crippen molar-refractivity contribution in [1.29, 1.82) is 0 Å². The summed E-state index contributed by atoms with van der Waals surface area (Å²) in [6, 6.07) is 10.6. The third-order valence-corrected chi connectivity index (χ3v) is 9.50. The number of aromatic nitrogens is 1. The highest BCUT2D eigenvalue weighted by atomic mass is 35.5. The zero-order valence-corrected chi connectivity index (χ0v) is 25.2. The van der Waals surface area contributed by atoms with Crippen molar-refractivity contribution in [2.75, 3.05) is 6.54 Å². The van der Waals surface area contributed by atoms with E-state index in [0.717, 1.165) is 23.4 Å². The van der Waals surface area contributed by atoms with Gasteiger partial charge in [0.2, 0.25) is 5.43 Å². The normalized spacial score (nSPS) is 24.0. The number of carbonyl (C=O) groups is 2. The second-order valence-electron chi connectivity index (χ2n) is 11.6. The second kappa shape index (κ2) is 11.4. The first-order valence-electron chi connectivity index (χ1n) is 14.4. The number of amides is 2. The third-order valence-electron chi connectivity index (χ3n) is 9.15. The van der Waals surface area contributed by atoms with Gasteiger partial charge in [-0.2, -0.15) is 0 Å². The lowest BCUT2D eigenvalue weighted by Gasteiger charge is -2.43. The minimum absolute atomic E-state index is 0.0266. The number of benzene rings is 2. The summed E-state index contributed by atoms with van der Waals surface area (Å²) in [5, 5.41) is 6.16. The Hall–Kier alpha value is -4.25. The molecule has 4 atom stereocenters. The molecule has 0 radical (unpaired) electrons. The summed E-state index contributed by atoms with van der Waals surface area (Å²) in [4.78, 5) is 49.5. The molecule has 1 saturated heterocycles. The Bertz CT molecular complexity index is 1750. The molecule has 0 saturated carbocycles. The van der Waals surface area contributed by atoms with E-state index in [2.05, 4.69) is 10.5 Å². The number of fused-ring (bicyclic) bond motifs is 5. The first kappa shape index (κ1) is 29.8. The molecule has 0 aliphatic carbocycles. The molecule has 4 heterocycles. The zero-order valence-electron chi connectivity index (χ0n) is 24.4. The molecule has 6 rings (SSSR count). The number of nitrogens with zero attached hydrogens (tertiary/aromatic N) is 3. The number of carbonyl (C=O) groups excluding carboxylic acids is 2. The van der Waals surface area contributed by atoms with Gasteiger partial charge in [-0.15, -0.1) is 0 Å². The van der Waals surface area contributed by atoms with Crippen LogP contribution in [0.4, 0.5) is 8.78 Å². The van der Waals surface area contributed by atoms with E-state index in [9.17, 15) is 23.2 Å². The maximum Gasteiger partial charge on any atom is 0.274 e. The van der Waals surface area contributed by atoms with Crippen LogP contribution in [0.2, 0.25) is 5.02 Å². The van der Waals surface area contributed by atoms with Crippen molar-refractivity contribution in [2.24, 2.45) is 11.1 Å². The second-order valence-corrected chi connectivity index (χ2v) is 12.0. The van der Waals surface area contributed by atoms with Crippen molar-refractivity contribution in [1.82, 2.24) is 14.8 Å². The maximum absolute atomic E-state index is 14.6. The van der Waals surface area contributed by atoms with E-state index in [1.807, 2.05) is 51.1 Å². The molecule has 0 unspecified atom stereocenters. The smallest absolute Gasteiger partial charge is 0.274 e. The van der Waals surface area contributed by atoms with Crippen LogP contribution in [0.3, 0.4) is 0 Å². The van der Waals surface area contributed by atoms with Gasteiger partial charge < -0.3 is 24.4 Å². The predicted molar refractivity (Wildman–Crippen MR) is 159 cm³/mol. The minimum atomic E-state index is -1.01. The summed E-state index contributed by atoms with van der Waals surface area (Å²) < 4.78 is 36.0. The van der Waals surface area contributed by atoms with E-state index in [1.54, 1.807) is 9.47 Å². The van der Waals surface area contributed by atoms with Crippen molar-refractivity contribution in [2.45, 2.75) is 64.4 Å². The molecular weight excluding hydrogens is 594 g/mol. The summed E-state index contributed by atoms with van der Waals surface area (Å²) in [6.07, 6.45) is 2.59. The van der Waals surface area contributed by atoms with Crippen molar-refractivity contribution in [3.8, 4) is 5.75 Å². The van der Waals surface area contributed by atoms with Gasteiger partial charge in [-0.1, -0.05) is 60.1 Å². The Labute approximate surface area is 257 Å². The highest BCUT2D eigenvalue weighted by Gasteiger charge is 2.57. The molecule has 1 N–H and O–H groups in total. The van der Waals surface area contributed by atoms with Gasteiger partial charge in [0, 0.05) is 36.8 Å². The molecule has 9 nitrogen and oxygen atoms in total. The van der Waals surface area contributed by atoms with E-state index in [0.29, 0.717) is 12.8 Å². The highest BCUT2D eigenvalue weighted by Crippen LogP contribution is 2.48. The van der Waals surface area contributed by atoms with Crippen LogP contribution in [0.1, 0.15) is 71.6 Å². The predicted octanol–water partition coefficient (Wildman–Crippen LogP) is 5.25. The number of nitrogens with one attached hydrogen (secondary N) is 1. The average molecular weight is 625 g/mol. The Morgan fingerprint density at radius 1 is 1.18 bits per heavy atom. The molecule has 230 valence electrons. The summed E-state index contributed by atoms with van der Waals surface area (Å²) in [7, 11) is 0. The SMILES string of the molecule is CC1=NO[C@@]2(CC[C@H](C)N3C[C@H]2n2cc(C(=O)NCc4ccc(F)c(Cl)c4F)c(=O)c(OCc4ccccc4)c2C3=O)[C@H]1C. The van der Waals surface area contributed by atoms with Gasteiger partial charge in [-0.05, 0) is 38.3 Å². The fourth-order valence-corrected chi connectivity index (χ4v) is 6.55. The summed E-state index contributed by atoms with van der Waals surface area (Å²) >= 11 is 5.70. The summed E-state index contributed by atoms with van der Waals surface area (Å²) in [5.74, 6) is -3.52. The molecule has 3 aliphatic heterocycles. The lowest BCUT2D eigenvalue weighted by atomic mass is 9.76. The summed E-state index contributed by atoms with van der Waals surface area (Å²) in [5.41, 5.74) is -0.394. The van der Waals surface area contributed by atoms with Crippen LogP contribution in [0, 0.1) is 17.6 Å². The molecule has 2 amide bonds. The van der Waals surface area contributed by atoms with E-state index in [-0.39, 0.29) is 60.1 Å². The Morgan fingerprint density at radius 2 is 1.93 bits per heavy atom. The fourth-order valence-electron chi connectivity index (χ4n) is 6.36.